The zero-order valence-corrected chi connectivity index (χ0v) is 8.79. The van der Waals surface area contributed by atoms with Crippen LogP contribution in [0.5, 0.6) is 0 Å². The second kappa shape index (κ2) is 4.28. The summed E-state index contributed by atoms with van der Waals surface area (Å²) in [6.07, 6.45) is 5.64. The van der Waals surface area contributed by atoms with E-state index < -0.39 is 0 Å². The first-order valence-corrected chi connectivity index (χ1v) is 5.35. The molecule has 78 valence electrons. The molecule has 2 heteroatoms. The molecule has 2 aliphatic rings. The maximum Gasteiger partial charge on any atom is 0.179 e. The van der Waals surface area contributed by atoms with Crippen molar-refractivity contribution in [2.45, 2.75) is 32.5 Å². The van der Waals surface area contributed by atoms with Crippen LogP contribution in [-0.2, 0) is 9.47 Å². The Hall–Kier alpha value is -0.600. The van der Waals surface area contributed by atoms with E-state index in [0.29, 0.717) is 5.92 Å². The monoisotopic (exact) mass is 194 g/mol. The first-order valence-electron chi connectivity index (χ1n) is 5.35. The molecule has 1 fully saturated rings. The average Bonchev–Trinajstić information content (AvgIpc) is 2.71. The van der Waals surface area contributed by atoms with Crippen molar-refractivity contribution in [3.8, 4) is 0 Å². The number of rotatable bonds is 2. The first kappa shape index (κ1) is 9.94. The average molecular weight is 194 g/mol. The molecular weight excluding hydrogens is 176 g/mol. The van der Waals surface area contributed by atoms with Gasteiger partial charge in [0.05, 0.1) is 13.2 Å². The van der Waals surface area contributed by atoms with Crippen molar-refractivity contribution < 1.29 is 9.47 Å². The molecule has 0 unspecified atom stereocenters. The molecule has 0 aromatic heterocycles. The predicted octanol–water partition coefficient (Wildman–Crippen LogP) is 2.66. The molecule has 2 rings (SSSR count). The lowest BCUT2D eigenvalue weighted by Crippen LogP contribution is -2.16. The summed E-state index contributed by atoms with van der Waals surface area (Å²) in [6, 6.07) is 0. The van der Waals surface area contributed by atoms with Gasteiger partial charge in [-0.2, -0.15) is 0 Å². The zero-order chi connectivity index (χ0) is 9.97. The summed E-state index contributed by atoms with van der Waals surface area (Å²) in [7, 11) is 0. The largest absolute Gasteiger partial charge is 0.346 e. The van der Waals surface area contributed by atoms with E-state index in [1.54, 1.807) is 0 Å². The minimum atomic E-state index is -0.0407. The Bertz CT molecular complexity index is 249. The van der Waals surface area contributed by atoms with E-state index in [9.17, 15) is 0 Å². The molecule has 0 aromatic rings. The summed E-state index contributed by atoms with van der Waals surface area (Å²) in [5.74, 6) is 0.667. The van der Waals surface area contributed by atoms with E-state index in [2.05, 4.69) is 19.6 Å². The van der Waals surface area contributed by atoms with Gasteiger partial charge in [-0.15, -0.1) is 0 Å². The number of hydrogen-bond acceptors (Lipinski definition) is 2. The summed E-state index contributed by atoms with van der Waals surface area (Å²) < 4.78 is 11.0. The van der Waals surface area contributed by atoms with Crippen LogP contribution < -0.4 is 0 Å². The van der Waals surface area contributed by atoms with Gasteiger partial charge in [-0.3, -0.25) is 0 Å². The molecule has 2 nitrogen and oxygen atoms in total. The fourth-order valence-corrected chi connectivity index (χ4v) is 2.09. The lowest BCUT2D eigenvalue weighted by Gasteiger charge is -2.24. The molecule has 14 heavy (non-hydrogen) atoms. The van der Waals surface area contributed by atoms with Crippen molar-refractivity contribution >= 4 is 0 Å². The maximum absolute atomic E-state index is 5.48. The van der Waals surface area contributed by atoms with E-state index in [4.69, 9.17) is 9.47 Å². The summed E-state index contributed by atoms with van der Waals surface area (Å²) in [4.78, 5) is 0. The summed E-state index contributed by atoms with van der Waals surface area (Å²) in [5, 5.41) is 0. The van der Waals surface area contributed by atoms with Gasteiger partial charge in [0.25, 0.3) is 0 Å². The summed E-state index contributed by atoms with van der Waals surface area (Å²) >= 11 is 0. The minimum Gasteiger partial charge on any atom is -0.346 e. The standard InChI is InChI=1S/C12H18O2/c1-9(2)10-3-5-11(6-4-10)12-13-7-8-14-12/h5,10,12H,1,3-4,6-8H2,2H3/t10-/m0/s1. The van der Waals surface area contributed by atoms with Crippen molar-refractivity contribution in [3.05, 3.63) is 23.8 Å². The van der Waals surface area contributed by atoms with Gasteiger partial charge >= 0.3 is 0 Å². The molecule has 1 aliphatic heterocycles. The lowest BCUT2D eigenvalue weighted by atomic mass is 9.85. The third-order valence-corrected chi connectivity index (χ3v) is 3.07. The number of allylic oxidation sites excluding steroid dienone is 2. The van der Waals surface area contributed by atoms with Crippen molar-refractivity contribution in [3.63, 3.8) is 0 Å². The van der Waals surface area contributed by atoms with Gasteiger partial charge in [0.15, 0.2) is 6.29 Å². The van der Waals surface area contributed by atoms with Crippen LogP contribution in [0.25, 0.3) is 0 Å². The summed E-state index contributed by atoms with van der Waals surface area (Å²) in [6.45, 7) is 7.61. The minimum absolute atomic E-state index is 0.0407. The van der Waals surface area contributed by atoms with E-state index in [0.717, 1.165) is 26.1 Å². The van der Waals surface area contributed by atoms with Crippen molar-refractivity contribution in [1.29, 1.82) is 0 Å². The maximum atomic E-state index is 5.48. The van der Waals surface area contributed by atoms with E-state index in [1.807, 2.05) is 0 Å². The van der Waals surface area contributed by atoms with Gasteiger partial charge < -0.3 is 9.47 Å². The molecule has 1 saturated heterocycles. The van der Waals surface area contributed by atoms with E-state index >= 15 is 0 Å². The SMILES string of the molecule is C=C(C)[C@H]1CC=C(C2OCCO2)CC1. The van der Waals surface area contributed by atoms with Crippen LogP contribution >= 0.6 is 0 Å². The Morgan fingerprint density at radius 3 is 2.64 bits per heavy atom. The third kappa shape index (κ3) is 2.07. The van der Waals surface area contributed by atoms with Crippen LogP contribution in [-0.4, -0.2) is 19.5 Å². The lowest BCUT2D eigenvalue weighted by molar-refractivity contribution is -0.0149. The normalized spacial score (nSPS) is 28.9. The van der Waals surface area contributed by atoms with Gasteiger partial charge in [0.2, 0.25) is 0 Å². The highest BCUT2D eigenvalue weighted by Crippen LogP contribution is 2.31. The van der Waals surface area contributed by atoms with Crippen LogP contribution in [0.15, 0.2) is 23.8 Å². The molecule has 0 aromatic carbocycles. The van der Waals surface area contributed by atoms with Crippen LogP contribution in [0, 0.1) is 5.92 Å². The highest BCUT2D eigenvalue weighted by atomic mass is 16.7. The molecule has 1 atom stereocenters. The smallest absolute Gasteiger partial charge is 0.179 e. The summed E-state index contributed by atoms with van der Waals surface area (Å²) in [5.41, 5.74) is 2.63. The molecule has 1 heterocycles. The van der Waals surface area contributed by atoms with E-state index in [-0.39, 0.29) is 6.29 Å². The number of hydrogen-bond donors (Lipinski definition) is 0. The Kier molecular flexibility index (Phi) is 3.04. The molecule has 0 saturated carbocycles. The zero-order valence-electron chi connectivity index (χ0n) is 8.79. The van der Waals surface area contributed by atoms with Gasteiger partial charge in [-0.1, -0.05) is 18.2 Å². The van der Waals surface area contributed by atoms with Crippen LogP contribution in [0.3, 0.4) is 0 Å². The van der Waals surface area contributed by atoms with Crippen molar-refractivity contribution in [2.75, 3.05) is 13.2 Å². The van der Waals surface area contributed by atoms with Crippen LogP contribution in [0.2, 0.25) is 0 Å². The first-order chi connectivity index (χ1) is 6.77. The van der Waals surface area contributed by atoms with Crippen molar-refractivity contribution in [2.24, 2.45) is 5.92 Å². The third-order valence-electron chi connectivity index (χ3n) is 3.07. The quantitative estimate of drug-likeness (QED) is 0.629. The Morgan fingerprint density at radius 2 is 2.14 bits per heavy atom. The van der Waals surface area contributed by atoms with Gasteiger partial charge in [-0.25, -0.2) is 0 Å². The molecule has 0 N–H and O–H groups in total. The molecule has 0 radical (unpaired) electrons. The molecule has 1 aliphatic carbocycles. The fraction of sp³-hybridized carbons (Fsp3) is 0.667. The Balaban J connectivity index is 1.93. The molecule has 0 spiro atoms. The van der Waals surface area contributed by atoms with Gasteiger partial charge in [-0.05, 0) is 37.7 Å². The van der Waals surface area contributed by atoms with Gasteiger partial charge in [0.1, 0.15) is 0 Å². The number of ether oxygens (including phenoxy) is 2. The highest BCUT2D eigenvalue weighted by Gasteiger charge is 2.24. The topological polar surface area (TPSA) is 18.5 Å². The molecule has 0 bridgehead atoms. The second-order valence-corrected chi connectivity index (χ2v) is 4.17. The second-order valence-electron chi connectivity index (χ2n) is 4.17. The molecule has 0 amide bonds. The van der Waals surface area contributed by atoms with Crippen molar-refractivity contribution in [1.82, 2.24) is 0 Å². The van der Waals surface area contributed by atoms with E-state index in [1.165, 1.54) is 17.6 Å². The molecular formula is C12H18O2. The van der Waals surface area contributed by atoms with Crippen LogP contribution in [0.1, 0.15) is 26.2 Å². The Morgan fingerprint density at radius 1 is 1.43 bits per heavy atom. The predicted molar refractivity (Wildman–Crippen MR) is 55.9 cm³/mol. The van der Waals surface area contributed by atoms with Gasteiger partial charge in [0, 0.05) is 0 Å². The highest BCUT2D eigenvalue weighted by molar-refractivity contribution is 5.14. The Labute approximate surface area is 85.6 Å². The fourth-order valence-electron chi connectivity index (χ4n) is 2.09. The van der Waals surface area contributed by atoms with Crippen LogP contribution in [0.4, 0.5) is 0 Å².